The van der Waals surface area contributed by atoms with Crippen LogP contribution in [-0.4, -0.2) is 5.16 Å². The molecular formula is C17H22ClO2P. The van der Waals surface area contributed by atoms with Crippen LogP contribution in [0, 0.1) is 0 Å². The Labute approximate surface area is 134 Å². The van der Waals surface area contributed by atoms with Crippen LogP contribution in [0.25, 0.3) is 0 Å². The Morgan fingerprint density at radius 3 is 1.52 bits per heavy atom. The normalized spacial score (nSPS) is 10.9. The Morgan fingerprint density at radius 1 is 0.810 bits per heavy atom. The summed E-state index contributed by atoms with van der Waals surface area (Å²) >= 11 is 0. The largest absolute Gasteiger partial charge is 0.438 e. The summed E-state index contributed by atoms with van der Waals surface area (Å²) in [5.41, 5.74) is 0. The predicted molar refractivity (Wildman–Crippen MR) is 92.7 cm³/mol. The van der Waals surface area contributed by atoms with E-state index in [-0.39, 0.29) is 17.6 Å². The Morgan fingerprint density at radius 2 is 1.19 bits per heavy atom. The van der Waals surface area contributed by atoms with Crippen LogP contribution in [0.15, 0.2) is 60.7 Å². The number of hydrogen-bond acceptors (Lipinski definition) is 2. The van der Waals surface area contributed by atoms with Crippen molar-refractivity contribution in [3.05, 3.63) is 60.7 Å². The van der Waals surface area contributed by atoms with Gasteiger partial charge in [-0.25, -0.2) is 0 Å². The molecule has 4 heteroatoms. The van der Waals surface area contributed by atoms with Gasteiger partial charge in [0.25, 0.3) is 8.38 Å². The van der Waals surface area contributed by atoms with Crippen molar-refractivity contribution >= 4 is 20.8 Å². The van der Waals surface area contributed by atoms with Gasteiger partial charge in [-0.2, -0.15) is 0 Å². The van der Waals surface area contributed by atoms with Gasteiger partial charge in [0.15, 0.2) is 0 Å². The van der Waals surface area contributed by atoms with E-state index in [2.05, 4.69) is 20.8 Å². The summed E-state index contributed by atoms with van der Waals surface area (Å²) in [5.74, 6) is 1.71. The second-order valence-electron chi connectivity index (χ2n) is 5.23. The fourth-order valence-corrected chi connectivity index (χ4v) is 2.97. The fraction of sp³-hybridized carbons (Fsp3) is 0.294. The van der Waals surface area contributed by atoms with E-state index in [0.717, 1.165) is 17.9 Å². The molecule has 0 saturated heterocycles. The van der Waals surface area contributed by atoms with Crippen molar-refractivity contribution in [2.75, 3.05) is 0 Å². The van der Waals surface area contributed by atoms with Crippen molar-refractivity contribution in [2.45, 2.75) is 32.3 Å². The summed E-state index contributed by atoms with van der Waals surface area (Å²) in [6.07, 6.45) is 0.998. The summed E-state index contributed by atoms with van der Waals surface area (Å²) in [6.45, 7) is 6.53. The fourth-order valence-electron chi connectivity index (χ4n) is 1.55. The number of hydrogen-bond donors (Lipinski definition) is 0. The van der Waals surface area contributed by atoms with Gasteiger partial charge in [-0.05, 0) is 44.5 Å². The zero-order valence-electron chi connectivity index (χ0n) is 12.7. The molecule has 0 aromatic heterocycles. The molecule has 2 aromatic carbocycles. The molecule has 0 unspecified atom stereocenters. The molecule has 0 aliphatic heterocycles. The van der Waals surface area contributed by atoms with Crippen molar-refractivity contribution < 1.29 is 9.05 Å². The minimum atomic E-state index is -1.06. The van der Waals surface area contributed by atoms with Crippen LogP contribution in [0.4, 0.5) is 0 Å². The molecule has 0 N–H and O–H groups in total. The monoisotopic (exact) mass is 324 g/mol. The Bertz CT molecular complexity index is 475. The van der Waals surface area contributed by atoms with E-state index in [1.807, 2.05) is 60.7 Å². The first-order chi connectivity index (χ1) is 9.62. The van der Waals surface area contributed by atoms with Gasteiger partial charge in [-0.3, -0.25) is 0 Å². The highest BCUT2D eigenvalue weighted by Crippen LogP contribution is 2.52. The molecular weight excluding hydrogens is 303 g/mol. The zero-order chi connectivity index (χ0) is 14.4. The van der Waals surface area contributed by atoms with Gasteiger partial charge in [0.1, 0.15) is 11.5 Å². The average molecular weight is 325 g/mol. The second-order valence-corrected chi connectivity index (χ2v) is 7.32. The van der Waals surface area contributed by atoms with Crippen LogP contribution >= 0.6 is 20.8 Å². The lowest BCUT2D eigenvalue weighted by Crippen LogP contribution is -2.21. The quantitative estimate of drug-likeness (QED) is 0.601. The lowest BCUT2D eigenvalue weighted by molar-refractivity contribution is 0.441. The summed E-state index contributed by atoms with van der Waals surface area (Å²) in [7, 11) is -1.06. The molecule has 0 bridgehead atoms. The lowest BCUT2D eigenvalue weighted by atomic mass is 10.1. The Hall–Kier alpha value is -1.24. The van der Waals surface area contributed by atoms with E-state index in [9.17, 15) is 0 Å². The highest BCUT2D eigenvalue weighted by Gasteiger charge is 2.34. The summed E-state index contributed by atoms with van der Waals surface area (Å²) in [6, 6.07) is 19.7. The van der Waals surface area contributed by atoms with Gasteiger partial charge in [0.05, 0.1) is 5.16 Å². The van der Waals surface area contributed by atoms with Gasteiger partial charge < -0.3 is 9.05 Å². The summed E-state index contributed by atoms with van der Waals surface area (Å²) in [5, 5.41) is -0.0129. The highest BCUT2D eigenvalue weighted by molar-refractivity contribution is 7.49. The lowest BCUT2D eigenvalue weighted by Gasteiger charge is -2.31. The topological polar surface area (TPSA) is 18.5 Å². The Kier molecular flexibility index (Phi) is 7.01. The van der Waals surface area contributed by atoms with Crippen LogP contribution < -0.4 is 9.05 Å². The van der Waals surface area contributed by atoms with Crippen molar-refractivity contribution in [1.29, 1.82) is 0 Å². The van der Waals surface area contributed by atoms with Crippen LogP contribution in [-0.2, 0) is 0 Å². The van der Waals surface area contributed by atoms with E-state index < -0.39 is 8.38 Å². The molecule has 0 radical (unpaired) electrons. The second kappa shape index (κ2) is 8.26. The van der Waals surface area contributed by atoms with Crippen molar-refractivity contribution in [3.8, 4) is 11.5 Å². The van der Waals surface area contributed by atoms with E-state index in [1.54, 1.807) is 0 Å². The number of halogens is 1. The summed E-state index contributed by atoms with van der Waals surface area (Å²) in [4.78, 5) is 0. The predicted octanol–water partition coefficient (Wildman–Crippen LogP) is 6.07. The number of rotatable bonds is 6. The third-order valence-corrected chi connectivity index (χ3v) is 5.28. The molecule has 0 aliphatic rings. The Balaban J connectivity index is 0.00000220. The first-order valence-corrected chi connectivity index (χ1v) is 8.06. The molecule has 0 saturated carbocycles. The first-order valence-electron chi connectivity index (χ1n) is 6.88. The molecule has 2 rings (SSSR count). The van der Waals surface area contributed by atoms with Crippen molar-refractivity contribution in [1.82, 2.24) is 0 Å². The highest BCUT2D eigenvalue weighted by atomic mass is 35.5. The first kappa shape index (κ1) is 17.8. The van der Waals surface area contributed by atoms with Crippen LogP contribution in [0.5, 0.6) is 11.5 Å². The van der Waals surface area contributed by atoms with E-state index >= 15 is 0 Å². The molecule has 0 amide bonds. The zero-order valence-corrected chi connectivity index (χ0v) is 14.4. The molecule has 21 heavy (non-hydrogen) atoms. The number of para-hydroxylation sites is 2. The van der Waals surface area contributed by atoms with Crippen LogP contribution in [0.3, 0.4) is 0 Å². The molecule has 2 aromatic rings. The van der Waals surface area contributed by atoms with Gasteiger partial charge >= 0.3 is 0 Å². The van der Waals surface area contributed by atoms with Crippen LogP contribution in [0.2, 0.25) is 0 Å². The smallest absolute Gasteiger partial charge is 0.296 e. The van der Waals surface area contributed by atoms with Gasteiger partial charge in [-0.15, -0.1) is 12.4 Å². The van der Waals surface area contributed by atoms with Gasteiger partial charge in [0, 0.05) is 0 Å². The van der Waals surface area contributed by atoms with Crippen molar-refractivity contribution in [3.63, 3.8) is 0 Å². The van der Waals surface area contributed by atoms with E-state index in [4.69, 9.17) is 9.05 Å². The third kappa shape index (κ3) is 5.22. The SMILES string of the molecule is CCC(C)(C)P(Oc1ccccc1)Oc1ccccc1.Cl. The summed E-state index contributed by atoms with van der Waals surface area (Å²) < 4.78 is 12.2. The minimum absolute atomic E-state index is 0. The van der Waals surface area contributed by atoms with Gasteiger partial charge in [-0.1, -0.05) is 43.3 Å². The number of benzene rings is 2. The standard InChI is InChI=1S/C17H21O2P.ClH/c1-4-17(2,3)20(18-15-11-7-5-8-12-15)19-16-13-9-6-10-14-16;/h5-14H,4H2,1-3H3;1H. The molecule has 0 spiro atoms. The maximum Gasteiger partial charge on any atom is 0.296 e. The molecule has 0 fully saturated rings. The molecule has 0 heterocycles. The van der Waals surface area contributed by atoms with Crippen LogP contribution in [0.1, 0.15) is 27.2 Å². The van der Waals surface area contributed by atoms with E-state index in [0.29, 0.717) is 0 Å². The van der Waals surface area contributed by atoms with Gasteiger partial charge in [0.2, 0.25) is 0 Å². The third-order valence-electron chi connectivity index (χ3n) is 3.22. The molecule has 2 nitrogen and oxygen atoms in total. The minimum Gasteiger partial charge on any atom is -0.438 e. The van der Waals surface area contributed by atoms with E-state index in [1.165, 1.54) is 0 Å². The van der Waals surface area contributed by atoms with Crippen molar-refractivity contribution in [2.24, 2.45) is 0 Å². The molecule has 114 valence electrons. The maximum absolute atomic E-state index is 6.12. The maximum atomic E-state index is 6.12. The molecule has 0 atom stereocenters. The molecule has 0 aliphatic carbocycles. The average Bonchev–Trinajstić information content (AvgIpc) is 2.49.